The Balaban J connectivity index is 2.06. The molecule has 0 saturated carbocycles. The Labute approximate surface area is 111 Å². The lowest BCUT2D eigenvalue weighted by atomic mass is 9.79. The van der Waals surface area contributed by atoms with Gasteiger partial charge >= 0.3 is 0 Å². The van der Waals surface area contributed by atoms with E-state index in [0.29, 0.717) is 18.1 Å². The third-order valence-electron chi connectivity index (χ3n) is 3.64. The zero-order valence-electron chi connectivity index (χ0n) is 10.7. The van der Waals surface area contributed by atoms with E-state index in [1.807, 2.05) is 0 Å². The summed E-state index contributed by atoms with van der Waals surface area (Å²) in [5.41, 5.74) is 3.31. The number of thiophene rings is 1. The number of rotatable bonds is 1. The van der Waals surface area contributed by atoms with Gasteiger partial charge in [0.15, 0.2) is 5.78 Å². The van der Waals surface area contributed by atoms with Crippen molar-refractivity contribution in [2.45, 2.75) is 32.6 Å². The SMILES string of the molecule is CC1=CC(c2cccs2)C2=C(CC(C)CC2=O)N1. The highest BCUT2D eigenvalue weighted by atomic mass is 32.1. The Kier molecular flexibility index (Phi) is 2.86. The number of hydrogen-bond donors (Lipinski definition) is 1. The molecule has 0 bridgehead atoms. The molecule has 3 heteroatoms. The van der Waals surface area contributed by atoms with Crippen LogP contribution in [-0.4, -0.2) is 5.78 Å². The quantitative estimate of drug-likeness (QED) is 0.835. The maximum atomic E-state index is 12.3. The number of nitrogens with one attached hydrogen (secondary N) is 1. The normalized spacial score (nSPS) is 27.7. The minimum atomic E-state index is 0.168. The summed E-state index contributed by atoms with van der Waals surface area (Å²) in [7, 11) is 0. The predicted octanol–water partition coefficient (Wildman–Crippen LogP) is 3.59. The zero-order chi connectivity index (χ0) is 12.7. The highest BCUT2D eigenvalue weighted by molar-refractivity contribution is 7.10. The molecule has 0 aromatic carbocycles. The number of carbonyl (C=O) groups is 1. The van der Waals surface area contributed by atoms with Crippen molar-refractivity contribution in [3.05, 3.63) is 45.4 Å². The van der Waals surface area contributed by atoms with Crippen LogP contribution < -0.4 is 5.32 Å². The average Bonchev–Trinajstić information content (AvgIpc) is 2.79. The summed E-state index contributed by atoms with van der Waals surface area (Å²) in [5, 5.41) is 5.48. The van der Waals surface area contributed by atoms with Crippen LogP contribution in [0.4, 0.5) is 0 Å². The molecule has 1 aliphatic carbocycles. The number of Topliss-reactive ketones (excluding diaryl/α,β-unsaturated/α-hetero) is 1. The molecule has 1 aliphatic heterocycles. The van der Waals surface area contributed by atoms with Crippen LogP contribution in [0.3, 0.4) is 0 Å². The molecule has 0 radical (unpaired) electrons. The van der Waals surface area contributed by atoms with Crippen molar-refractivity contribution < 1.29 is 4.79 Å². The Hall–Kier alpha value is -1.35. The molecular weight excluding hydrogens is 242 g/mol. The molecular formula is C15H17NOS. The van der Waals surface area contributed by atoms with Crippen LogP contribution in [0.25, 0.3) is 0 Å². The molecule has 0 spiro atoms. The molecule has 0 amide bonds. The molecule has 1 aromatic rings. The van der Waals surface area contributed by atoms with Crippen molar-refractivity contribution in [3.63, 3.8) is 0 Å². The van der Waals surface area contributed by atoms with Crippen molar-refractivity contribution in [3.8, 4) is 0 Å². The van der Waals surface area contributed by atoms with Gasteiger partial charge in [-0.25, -0.2) is 0 Å². The van der Waals surface area contributed by atoms with Gasteiger partial charge in [-0.3, -0.25) is 4.79 Å². The van der Waals surface area contributed by atoms with Crippen molar-refractivity contribution in [2.24, 2.45) is 5.92 Å². The summed E-state index contributed by atoms with van der Waals surface area (Å²) < 4.78 is 0. The van der Waals surface area contributed by atoms with Gasteiger partial charge in [-0.05, 0) is 30.7 Å². The van der Waals surface area contributed by atoms with Gasteiger partial charge in [0.05, 0.1) is 0 Å². The topological polar surface area (TPSA) is 29.1 Å². The number of allylic oxidation sites excluding steroid dienone is 4. The number of ketones is 1. The fraction of sp³-hybridized carbons (Fsp3) is 0.400. The third-order valence-corrected chi connectivity index (χ3v) is 4.59. The first kappa shape index (κ1) is 11.7. The lowest BCUT2D eigenvalue weighted by Gasteiger charge is -2.32. The summed E-state index contributed by atoms with van der Waals surface area (Å²) in [6, 6.07) is 4.18. The highest BCUT2D eigenvalue weighted by Crippen LogP contribution is 2.40. The van der Waals surface area contributed by atoms with Crippen LogP contribution in [0.15, 0.2) is 40.6 Å². The van der Waals surface area contributed by atoms with Crippen LogP contribution in [-0.2, 0) is 4.79 Å². The van der Waals surface area contributed by atoms with E-state index in [1.165, 1.54) is 4.88 Å². The lowest BCUT2D eigenvalue weighted by Crippen LogP contribution is -2.31. The summed E-state index contributed by atoms with van der Waals surface area (Å²) in [6.07, 6.45) is 3.86. The first-order valence-electron chi connectivity index (χ1n) is 6.40. The minimum absolute atomic E-state index is 0.168. The molecule has 2 heterocycles. The molecule has 2 aliphatic rings. The van der Waals surface area contributed by atoms with Gasteiger partial charge in [0, 0.05) is 34.2 Å². The van der Waals surface area contributed by atoms with Gasteiger partial charge in [-0.1, -0.05) is 19.1 Å². The van der Waals surface area contributed by atoms with E-state index in [0.717, 1.165) is 23.4 Å². The smallest absolute Gasteiger partial charge is 0.161 e. The van der Waals surface area contributed by atoms with Gasteiger partial charge in [0.2, 0.25) is 0 Å². The van der Waals surface area contributed by atoms with E-state index in [2.05, 4.69) is 42.8 Å². The van der Waals surface area contributed by atoms with Crippen LogP contribution in [0, 0.1) is 5.92 Å². The highest BCUT2D eigenvalue weighted by Gasteiger charge is 2.33. The average molecular weight is 259 g/mol. The third kappa shape index (κ3) is 1.93. The summed E-state index contributed by atoms with van der Waals surface area (Å²) in [6.45, 7) is 4.23. The number of hydrogen-bond acceptors (Lipinski definition) is 3. The number of dihydropyridines is 1. The van der Waals surface area contributed by atoms with Crippen LogP contribution >= 0.6 is 11.3 Å². The van der Waals surface area contributed by atoms with E-state index in [-0.39, 0.29) is 5.92 Å². The number of carbonyl (C=O) groups excluding carboxylic acids is 1. The van der Waals surface area contributed by atoms with Crippen molar-refractivity contribution in [2.75, 3.05) is 0 Å². The second-order valence-electron chi connectivity index (χ2n) is 5.30. The Morgan fingerprint density at radius 1 is 1.39 bits per heavy atom. The fourth-order valence-corrected chi connectivity index (χ4v) is 3.71. The molecule has 0 fully saturated rings. The van der Waals surface area contributed by atoms with E-state index in [1.54, 1.807) is 11.3 Å². The van der Waals surface area contributed by atoms with E-state index < -0.39 is 0 Å². The molecule has 3 rings (SSSR count). The molecule has 2 unspecified atom stereocenters. The summed E-state index contributed by atoms with van der Waals surface area (Å²) in [4.78, 5) is 13.6. The molecule has 2 nitrogen and oxygen atoms in total. The molecule has 1 aromatic heterocycles. The van der Waals surface area contributed by atoms with E-state index >= 15 is 0 Å². The van der Waals surface area contributed by atoms with E-state index in [9.17, 15) is 4.79 Å². The van der Waals surface area contributed by atoms with E-state index in [4.69, 9.17) is 0 Å². The fourth-order valence-electron chi connectivity index (χ4n) is 2.91. The Bertz CT molecular complexity index is 539. The second kappa shape index (κ2) is 4.39. The molecule has 1 N–H and O–H groups in total. The maximum Gasteiger partial charge on any atom is 0.161 e. The largest absolute Gasteiger partial charge is 0.362 e. The monoisotopic (exact) mass is 259 g/mol. The Morgan fingerprint density at radius 2 is 2.22 bits per heavy atom. The van der Waals surface area contributed by atoms with Gasteiger partial charge in [-0.15, -0.1) is 11.3 Å². The molecule has 94 valence electrons. The Morgan fingerprint density at radius 3 is 2.94 bits per heavy atom. The zero-order valence-corrected chi connectivity index (χ0v) is 11.5. The van der Waals surface area contributed by atoms with Crippen LogP contribution in [0.5, 0.6) is 0 Å². The predicted molar refractivity (Wildman–Crippen MR) is 74.4 cm³/mol. The summed E-state index contributed by atoms with van der Waals surface area (Å²) in [5.74, 6) is 0.943. The van der Waals surface area contributed by atoms with Gasteiger partial charge in [0.1, 0.15) is 0 Å². The van der Waals surface area contributed by atoms with Crippen LogP contribution in [0.2, 0.25) is 0 Å². The molecule has 2 atom stereocenters. The van der Waals surface area contributed by atoms with Gasteiger partial charge < -0.3 is 5.32 Å². The lowest BCUT2D eigenvalue weighted by molar-refractivity contribution is -0.117. The summed E-state index contributed by atoms with van der Waals surface area (Å²) >= 11 is 1.73. The van der Waals surface area contributed by atoms with Crippen molar-refractivity contribution in [1.29, 1.82) is 0 Å². The van der Waals surface area contributed by atoms with Gasteiger partial charge in [0.25, 0.3) is 0 Å². The standard InChI is InChI=1S/C15H17NOS/c1-9-6-12-15(13(17)7-9)11(8-10(2)16-12)14-4-3-5-18-14/h3-5,8-9,11,16H,6-7H2,1-2H3. The first-order chi connectivity index (χ1) is 8.65. The second-order valence-corrected chi connectivity index (χ2v) is 6.28. The van der Waals surface area contributed by atoms with Crippen molar-refractivity contribution >= 4 is 17.1 Å². The minimum Gasteiger partial charge on any atom is -0.362 e. The van der Waals surface area contributed by atoms with Gasteiger partial charge in [-0.2, -0.15) is 0 Å². The molecule has 18 heavy (non-hydrogen) atoms. The maximum absolute atomic E-state index is 12.3. The first-order valence-corrected chi connectivity index (χ1v) is 7.28. The molecule has 0 saturated heterocycles. The van der Waals surface area contributed by atoms with Crippen LogP contribution in [0.1, 0.15) is 37.5 Å². The van der Waals surface area contributed by atoms with Crippen molar-refractivity contribution in [1.82, 2.24) is 5.32 Å².